The first-order valence-corrected chi connectivity index (χ1v) is 14.2. The maximum Gasteiger partial charge on any atom is 0.252 e. The molecule has 3 aromatic rings. The van der Waals surface area contributed by atoms with Crippen LogP contribution in [0.3, 0.4) is 0 Å². The van der Waals surface area contributed by atoms with Gasteiger partial charge in [0.1, 0.15) is 46.9 Å². The molecule has 1 aromatic heterocycles. The Morgan fingerprint density at radius 2 is 1.65 bits per heavy atom. The van der Waals surface area contributed by atoms with Crippen LogP contribution in [-0.4, -0.2) is 78.1 Å². The molecule has 0 bridgehead atoms. The lowest BCUT2D eigenvalue weighted by Crippen LogP contribution is -2.59. The molecule has 12 heteroatoms. The predicted octanol–water partition coefficient (Wildman–Crippen LogP) is 1.95. The number of methoxy groups -OCH3 is 3. The lowest BCUT2D eigenvalue weighted by Gasteiger charge is -2.41. The summed E-state index contributed by atoms with van der Waals surface area (Å²) >= 11 is 0. The van der Waals surface area contributed by atoms with Gasteiger partial charge in [0.2, 0.25) is 0 Å². The molecule has 5 unspecified atom stereocenters. The van der Waals surface area contributed by atoms with Crippen LogP contribution in [0.1, 0.15) is 49.3 Å². The number of ether oxygens (including phenoxy) is 4. The summed E-state index contributed by atoms with van der Waals surface area (Å²) in [6, 6.07) is 7.62. The Hall–Kier alpha value is -3.68. The normalized spacial score (nSPS) is 24.5. The Balaban J connectivity index is 1.57. The fraction of sp³-hybridized carbons (Fsp3) is 0.484. The van der Waals surface area contributed by atoms with Gasteiger partial charge in [-0.3, -0.25) is 9.59 Å². The number of aliphatic hydroxyl groups excluding tert-OH is 4. The summed E-state index contributed by atoms with van der Waals surface area (Å²) in [7, 11) is 4.29. The molecule has 5 atom stereocenters. The number of hydrogen-bond acceptors (Lipinski definition) is 11. The molecule has 232 valence electrons. The van der Waals surface area contributed by atoms with Crippen LogP contribution in [0, 0.1) is 0 Å². The largest absolute Gasteiger partial charge is 0.495 e. The van der Waals surface area contributed by atoms with Gasteiger partial charge in [-0.15, -0.1) is 0 Å². The molecule has 1 amide bonds. The molecule has 2 aromatic carbocycles. The topological polar surface area (TPSA) is 177 Å². The molecule has 1 saturated carbocycles. The van der Waals surface area contributed by atoms with Gasteiger partial charge >= 0.3 is 0 Å². The summed E-state index contributed by atoms with van der Waals surface area (Å²) in [4.78, 5) is 26.7. The number of rotatable bonds is 8. The molecular formula is C31H37NO11. The van der Waals surface area contributed by atoms with Gasteiger partial charge in [-0.25, -0.2) is 0 Å². The molecule has 2 aliphatic rings. The number of nitrogens with one attached hydrogen (secondary N) is 1. The molecule has 2 fully saturated rings. The minimum Gasteiger partial charge on any atom is -0.495 e. The molecule has 5 N–H and O–H groups in total. The van der Waals surface area contributed by atoms with Crippen LogP contribution >= 0.6 is 0 Å². The first-order valence-electron chi connectivity index (χ1n) is 14.2. The highest BCUT2D eigenvalue weighted by molar-refractivity contribution is 5.88. The van der Waals surface area contributed by atoms with E-state index in [9.17, 15) is 30.0 Å². The molecule has 12 nitrogen and oxygen atoms in total. The second-order valence-corrected chi connectivity index (χ2v) is 10.9. The van der Waals surface area contributed by atoms with Crippen molar-refractivity contribution in [2.75, 3.05) is 21.3 Å². The number of carbonyl (C=O) groups excluding carboxylic acids is 1. The van der Waals surface area contributed by atoms with Crippen molar-refractivity contribution in [3.63, 3.8) is 0 Å². The Kier molecular flexibility index (Phi) is 9.23. The van der Waals surface area contributed by atoms with Crippen molar-refractivity contribution in [2.45, 2.75) is 75.3 Å². The summed E-state index contributed by atoms with van der Waals surface area (Å²) < 4.78 is 28.3. The average molecular weight is 600 g/mol. The fourth-order valence-electron chi connectivity index (χ4n) is 6.01. The van der Waals surface area contributed by atoms with Gasteiger partial charge in [0.15, 0.2) is 23.0 Å². The first-order chi connectivity index (χ1) is 20.7. The van der Waals surface area contributed by atoms with Crippen molar-refractivity contribution in [3.8, 4) is 28.6 Å². The smallest absolute Gasteiger partial charge is 0.252 e. The number of aliphatic hydroxyl groups is 4. The maximum atomic E-state index is 13.5. The Bertz CT molecular complexity index is 1530. The minimum atomic E-state index is -1.77. The number of fused-ring (bicyclic) bond motifs is 1. The summed E-state index contributed by atoms with van der Waals surface area (Å²) in [5.41, 5.74) is 0.333. The molecule has 0 radical (unpaired) electrons. The molecule has 5 rings (SSSR count). The highest BCUT2D eigenvalue weighted by Crippen LogP contribution is 2.43. The van der Waals surface area contributed by atoms with E-state index in [1.165, 1.54) is 33.5 Å². The summed E-state index contributed by atoms with van der Waals surface area (Å²) in [6.45, 7) is -0.587. The lowest BCUT2D eigenvalue weighted by molar-refractivity contribution is -0.223. The highest BCUT2D eigenvalue weighted by atomic mass is 16.5. The van der Waals surface area contributed by atoms with E-state index in [-0.39, 0.29) is 39.6 Å². The van der Waals surface area contributed by atoms with Crippen molar-refractivity contribution in [1.29, 1.82) is 0 Å². The van der Waals surface area contributed by atoms with E-state index in [0.717, 1.165) is 32.1 Å². The van der Waals surface area contributed by atoms with Crippen LogP contribution < -0.4 is 25.0 Å². The highest BCUT2D eigenvalue weighted by Gasteiger charge is 2.49. The van der Waals surface area contributed by atoms with Gasteiger partial charge in [0.25, 0.3) is 5.91 Å². The number of benzene rings is 2. The van der Waals surface area contributed by atoms with Crippen LogP contribution in [0.2, 0.25) is 0 Å². The van der Waals surface area contributed by atoms with Crippen LogP contribution in [0.25, 0.3) is 22.3 Å². The van der Waals surface area contributed by atoms with Crippen molar-refractivity contribution < 1.29 is 48.6 Å². The number of hydrogen-bond donors (Lipinski definition) is 5. The van der Waals surface area contributed by atoms with Gasteiger partial charge in [0, 0.05) is 23.2 Å². The zero-order chi connectivity index (χ0) is 30.8. The van der Waals surface area contributed by atoms with E-state index in [2.05, 4.69) is 5.32 Å². The summed E-state index contributed by atoms with van der Waals surface area (Å²) in [6.07, 6.45) is -3.58. The van der Waals surface area contributed by atoms with Gasteiger partial charge in [-0.05, 0) is 42.7 Å². The van der Waals surface area contributed by atoms with Crippen molar-refractivity contribution >= 4 is 16.9 Å². The molecule has 1 aliphatic heterocycles. The standard InChI is InChI=1S/C31H37NO11/c1-39-19-10-9-15(11-21(19)40-2)20-13-18(34)24-22(42-20)12-16(14-33)23(28(24)41-3)29-26(36)25(35)27(37)30(43-29)31(38)32-17-7-5-4-6-8-17/h9-13,17,25-27,29-30,33,35-37H,4-8,14H2,1-3H3,(H,32,38). The molecular weight excluding hydrogens is 562 g/mol. The van der Waals surface area contributed by atoms with Gasteiger partial charge in [0.05, 0.1) is 27.9 Å². The Morgan fingerprint density at radius 3 is 2.30 bits per heavy atom. The minimum absolute atomic E-state index is 0.00135. The molecule has 1 saturated heterocycles. The second kappa shape index (κ2) is 12.9. The van der Waals surface area contributed by atoms with Gasteiger partial charge in [-0.2, -0.15) is 0 Å². The Morgan fingerprint density at radius 1 is 0.930 bits per heavy atom. The van der Waals surface area contributed by atoms with E-state index < -0.39 is 48.5 Å². The second-order valence-electron chi connectivity index (χ2n) is 10.9. The number of carbonyl (C=O) groups is 1. The van der Waals surface area contributed by atoms with Crippen LogP contribution in [0.4, 0.5) is 0 Å². The average Bonchev–Trinajstić information content (AvgIpc) is 3.02. The zero-order valence-electron chi connectivity index (χ0n) is 24.2. The third kappa shape index (κ3) is 5.80. The summed E-state index contributed by atoms with van der Waals surface area (Å²) in [5, 5.41) is 45.7. The van der Waals surface area contributed by atoms with E-state index in [4.69, 9.17) is 23.4 Å². The SMILES string of the molecule is COc1ccc(-c2cc(=O)c3c(OC)c(C4OC(C(=O)NC5CCCCC5)C(O)C(O)C4O)c(CO)cc3o2)cc1OC. The first kappa shape index (κ1) is 30.8. The van der Waals surface area contributed by atoms with Crippen LogP contribution in [0.15, 0.2) is 39.5 Å². The van der Waals surface area contributed by atoms with Crippen molar-refractivity contribution in [3.05, 3.63) is 51.7 Å². The third-order valence-corrected chi connectivity index (χ3v) is 8.25. The lowest BCUT2D eigenvalue weighted by atomic mass is 9.87. The third-order valence-electron chi connectivity index (χ3n) is 8.25. The maximum absolute atomic E-state index is 13.5. The van der Waals surface area contributed by atoms with Crippen molar-refractivity contribution in [1.82, 2.24) is 5.32 Å². The van der Waals surface area contributed by atoms with Crippen molar-refractivity contribution in [2.24, 2.45) is 0 Å². The quantitative estimate of drug-likeness (QED) is 0.256. The van der Waals surface area contributed by atoms with E-state index >= 15 is 0 Å². The summed E-state index contributed by atoms with van der Waals surface area (Å²) in [5.74, 6) is 0.447. The molecule has 0 spiro atoms. The van der Waals surface area contributed by atoms with Gasteiger partial charge in [-0.1, -0.05) is 19.3 Å². The molecule has 43 heavy (non-hydrogen) atoms. The predicted molar refractivity (Wildman–Crippen MR) is 154 cm³/mol. The van der Waals surface area contributed by atoms with Crippen LogP contribution in [-0.2, 0) is 16.1 Å². The zero-order valence-corrected chi connectivity index (χ0v) is 24.2. The van der Waals surface area contributed by atoms with E-state index in [1.54, 1.807) is 18.2 Å². The Labute approximate surface area is 247 Å². The van der Waals surface area contributed by atoms with Crippen LogP contribution in [0.5, 0.6) is 17.2 Å². The molecule has 2 heterocycles. The van der Waals surface area contributed by atoms with E-state index in [0.29, 0.717) is 17.1 Å². The fourth-order valence-corrected chi connectivity index (χ4v) is 6.01. The molecule has 1 aliphatic carbocycles. The van der Waals surface area contributed by atoms with E-state index in [1.807, 2.05) is 0 Å². The number of amides is 1. The monoisotopic (exact) mass is 599 g/mol. The van der Waals surface area contributed by atoms with Gasteiger partial charge < -0.3 is 49.1 Å².